The van der Waals surface area contributed by atoms with E-state index in [9.17, 15) is 4.39 Å². The van der Waals surface area contributed by atoms with Crippen molar-refractivity contribution in [3.63, 3.8) is 0 Å². The van der Waals surface area contributed by atoms with Gasteiger partial charge in [0.1, 0.15) is 5.82 Å². The summed E-state index contributed by atoms with van der Waals surface area (Å²) in [5.74, 6) is -0.195. The molecule has 0 aliphatic carbocycles. The third-order valence-corrected chi connectivity index (χ3v) is 2.95. The molecule has 2 heteroatoms. The zero-order valence-corrected chi connectivity index (χ0v) is 10.4. The molecule has 92 valence electrons. The number of nitrogens with two attached hydrogens (primary N) is 1. The summed E-state index contributed by atoms with van der Waals surface area (Å²) in [5.41, 5.74) is 9.25. The fourth-order valence-corrected chi connectivity index (χ4v) is 1.90. The Morgan fingerprint density at radius 2 is 1.78 bits per heavy atom. The first-order chi connectivity index (χ1) is 8.72. The van der Waals surface area contributed by atoms with E-state index >= 15 is 0 Å². The Balaban J connectivity index is 2.34. The molecule has 0 saturated heterocycles. The van der Waals surface area contributed by atoms with Crippen molar-refractivity contribution in [2.45, 2.75) is 6.92 Å². The normalized spacial score (nSPS) is 11.6. The molecule has 0 saturated carbocycles. The first-order valence-electron chi connectivity index (χ1n) is 5.94. The van der Waals surface area contributed by atoms with Crippen molar-refractivity contribution < 1.29 is 4.39 Å². The van der Waals surface area contributed by atoms with Crippen LogP contribution in [0.5, 0.6) is 0 Å². The lowest BCUT2D eigenvalue weighted by Crippen LogP contribution is -1.94. The van der Waals surface area contributed by atoms with Gasteiger partial charge in [-0.25, -0.2) is 4.39 Å². The quantitative estimate of drug-likeness (QED) is 0.867. The molecular formula is C16H16FN. The summed E-state index contributed by atoms with van der Waals surface area (Å²) in [6.45, 7) is 2.55. The maximum Gasteiger partial charge on any atom is 0.131 e. The first-order valence-corrected chi connectivity index (χ1v) is 5.94. The van der Waals surface area contributed by atoms with Crippen LogP contribution in [0.3, 0.4) is 0 Å². The highest BCUT2D eigenvalue weighted by Crippen LogP contribution is 2.24. The van der Waals surface area contributed by atoms with Crippen LogP contribution in [-0.2, 0) is 0 Å². The van der Waals surface area contributed by atoms with E-state index in [-0.39, 0.29) is 5.82 Å². The highest BCUT2D eigenvalue weighted by molar-refractivity contribution is 5.69. The van der Waals surface area contributed by atoms with Crippen molar-refractivity contribution in [3.05, 3.63) is 66.0 Å². The van der Waals surface area contributed by atoms with Gasteiger partial charge >= 0.3 is 0 Å². The standard InChI is InChI=1S/C16H16FN/c1-12(10-11-18)13-6-8-14(9-7-13)15-4-2-3-5-16(15)17/h2-10H,11,18H2,1H3. The Morgan fingerprint density at radius 3 is 2.39 bits per heavy atom. The zero-order chi connectivity index (χ0) is 13.0. The largest absolute Gasteiger partial charge is 0.327 e. The number of allylic oxidation sites excluding steroid dienone is 1. The molecule has 0 fully saturated rings. The van der Waals surface area contributed by atoms with Crippen LogP contribution in [0, 0.1) is 5.82 Å². The summed E-state index contributed by atoms with van der Waals surface area (Å²) in [6, 6.07) is 14.6. The average molecular weight is 241 g/mol. The second-order valence-corrected chi connectivity index (χ2v) is 4.18. The van der Waals surface area contributed by atoms with E-state index in [4.69, 9.17) is 5.73 Å². The molecule has 0 heterocycles. The van der Waals surface area contributed by atoms with Crippen molar-refractivity contribution in [3.8, 4) is 11.1 Å². The molecule has 18 heavy (non-hydrogen) atoms. The summed E-state index contributed by atoms with van der Waals surface area (Å²) in [6.07, 6.45) is 1.97. The zero-order valence-electron chi connectivity index (χ0n) is 10.4. The highest BCUT2D eigenvalue weighted by atomic mass is 19.1. The van der Waals surface area contributed by atoms with Crippen LogP contribution in [0.2, 0.25) is 0 Å². The third kappa shape index (κ3) is 2.66. The van der Waals surface area contributed by atoms with Gasteiger partial charge in [-0.15, -0.1) is 0 Å². The third-order valence-electron chi connectivity index (χ3n) is 2.95. The SMILES string of the molecule is CC(=CCN)c1ccc(-c2ccccc2F)cc1. The topological polar surface area (TPSA) is 26.0 Å². The van der Waals surface area contributed by atoms with Crippen molar-refractivity contribution in [1.82, 2.24) is 0 Å². The van der Waals surface area contributed by atoms with E-state index in [2.05, 4.69) is 0 Å². The van der Waals surface area contributed by atoms with E-state index in [1.807, 2.05) is 43.3 Å². The molecule has 0 aliphatic heterocycles. The van der Waals surface area contributed by atoms with E-state index in [1.165, 1.54) is 6.07 Å². The summed E-state index contributed by atoms with van der Waals surface area (Å²) >= 11 is 0. The lowest BCUT2D eigenvalue weighted by molar-refractivity contribution is 0.631. The Kier molecular flexibility index (Phi) is 3.90. The van der Waals surface area contributed by atoms with Crippen LogP contribution in [0.25, 0.3) is 16.7 Å². The van der Waals surface area contributed by atoms with Gasteiger partial charge in [0.15, 0.2) is 0 Å². The molecule has 0 radical (unpaired) electrons. The van der Waals surface area contributed by atoms with Gasteiger partial charge in [-0.3, -0.25) is 0 Å². The van der Waals surface area contributed by atoms with Crippen LogP contribution < -0.4 is 5.73 Å². The fourth-order valence-electron chi connectivity index (χ4n) is 1.90. The molecule has 2 aromatic rings. The van der Waals surface area contributed by atoms with Crippen LogP contribution in [0.1, 0.15) is 12.5 Å². The molecule has 0 spiro atoms. The van der Waals surface area contributed by atoms with Gasteiger partial charge in [-0.2, -0.15) is 0 Å². The molecule has 0 bridgehead atoms. The lowest BCUT2D eigenvalue weighted by Gasteiger charge is -2.06. The van der Waals surface area contributed by atoms with Crippen molar-refractivity contribution >= 4 is 5.57 Å². The Bertz CT molecular complexity index is 556. The average Bonchev–Trinajstić information content (AvgIpc) is 2.40. The summed E-state index contributed by atoms with van der Waals surface area (Å²) in [7, 11) is 0. The molecule has 1 nitrogen and oxygen atoms in total. The van der Waals surface area contributed by atoms with Crippen molar-refractivity contribution in [1.29, 1.82) is 0 Å². The number of hydrogen-bond donors (Lipinski definition) is 1. The highest BCUT2D eigenvalue weighted by Gasteiger charge is 2.03. The van der Waals surface area contributed by atoms with Gasteiger partial charge in [0.05, 0.1) is 0 Å². The van der Waals surface area contributed by atoms with Crippen molar-refractivity contribution in [2.24, 2.45) is 5.73 Å². The summed E-state index contributed by atoms with van der Waals surface area (Å²) < 4.78 is 13.6. The van der Waals surface area contributed by atoms with E-state index in [0.29, 0.717) is 12.1 Å². The molecule has 2 aromatic carbocycles. The minimum Gasteiger partial charge on any atom is -0.327 e. The molecular weight excluding hydrogens is 225 g/mol. The van der Waals surface area contributed by atoms with Gasteiger partial charge in [0.25, 0.3) is 0 Å². The molecule has 0 unspecified atom stereocenters. The minimum absolute atomic E-state index is 0.195. The van der Waals surface area contributed by atoms with Crippen LogP contribution in [0.4, 0.5) is 4.39 Å². The molecule has 0 amide bonds. The molecule has 2 rings (SSSR count). The summed E-state index contributed by atoms with van der Waals surface area (Å²) in [5, 5.41) is 0. The van der Waals surface area contributed by atoms with Crippen LogP contribution in [-0.4, -0.2) is 6.54 Å². The Hall–Kier alpha value is -1.93. The monoisotopic (exact) mass is 241 g/mol. The maximum absolute atomic E-state index is 13.6. The Labute approximate surface area is 107 Å². The molecule has 2 N–H and O–H groups in total. The van der Waals surface area contributed by atoms with Crippen LogP contribution >= 0.6 is 0 Å². The maximum atomic E-state index is 13.6. The molecule has 0 aromatic heterocycles. The number of hydrogen-bond acceptors (Lipinski definition) is 1. The van der Waals surface area contributed by atoms with E-state index in [1.54, 1.807) is 12.1 Å². The second-order valence-electron chi connectivity index (χ2n) is 4.18. The smallest absolute Gasteiger partial charge is 0.131 e. The number of benzene rings is 2. The van der Waals surface area contributed by atoms with Gasteiger partial charge in [0, 0.05) is 12.1 Å². The van der Waals surface area contributed by atoms with Gasteiger partial charge < -0.3 is 5.73 Å². The van der Waals surface area contributed by atoms with Gasteiger partial charge in [0.2, 0.25) is 0 Å². The van der Waals surface area contributed by atoms with E-state index < -0.39 is 0 Å². The molecule has 0 aliphatic rings. The van der Waals surface area contributed by atoms with Gasteiger partial charge in [-0.1, -0.05) is 48.5 Å². The summed E-state index contributed by atoms with van der Waals surface area (Å²) in [4.78, 5) is 0. The van der Waals surface area contributed by atoms with Gasteiger partial charge in [-0.05, 0) is 29.7 Å². The first kappa shape index (κ1) is 12.5. The fraction of sp³-hybridized carbons (Fsp3) is 0.125. The Morgan fingerprint density at radius 1 is 1.11 bits per heavy atom. The molecule has 0 atom stereocenters. The number of halogens is 1. The number of rotatable bonds is 3. The predicted molar refractivity (Wildman–Crippen MR) is 74.5 cm³/mol. The lowest BCUT2D eigenvalue weighted by atomic mass is 10.0. The minimum atomic E-state index is -0.195. The van der Waals surface area contributed by atoms with Crippen molar-refractivity contribution in [2.75, 3.05) is 6.54 Å². The second kappa shape index (κ2) is 5.61. The predicted octanol–water partition coefficient (Wildman–Crippen LogP) is 3.85. The van der Waals surface area contributed by atoms with E-state index in [0.717, 1.165) is 16.7 Å². The van der Waals surface area contributed by atoms with Crippen LogP contribution in [0.15, 0.2) is 54.6 Å².